The zero-order chi connectivity index (χ0) is 13.8. The first-order valence-electron chi connectivity index (χ1n) is 5.76. The Morgan fingerprint density at radius 1 is 1.39 bits per heavy atom. The van der Waals surface area contributed by atoms with Gasteiger partial charge in [-0.15, -0.1) is 0 Å². The molecule has 0 aromatic rings. The molecule has 1 atom stereocenters. The second-order valence-corrected chi connectivity index (χ2v) is 5.95. The molecule has 1 aliphatic heterocycles. The SMILES string of the molecule is CCOC(=O)C1CCCCN1S(=O)(=O)CC(=O)O. The van der Waals surface area contributed by atoms with Crippen LogP contribution in [0.1, 0.15) is 26.2 Å². The van der Waals surface area contributed by atoms with Gasteiger partial charge in [0.25, 0.3) is 0 Å². The molecule has 1 N–H and O–H groups in total. The highest BCUT2D eigenvalue weighted by molar-refractivity contribution is 7.89. The van der Waals surface area contributed by atoms with E-state index < -0.39 is 33.8 Å². The number of esters is 1. The first-order valence-corrected chi connectivity index (χ1v) is 7.37. The van der Waals surface area contributed by atoms with Gasteiger partial charge in [0.15, 0.2) is 5.75 Å². The lowest BCUT2D eigenvalue weighted by Crippen LogP contribution is -2.50. The molecule has 0 aliphatic carbocycles. The maximum atomic E-state index is 11.9. The lowest BCUT2D eigenvalue weighted by atomic mass is 10.1. The predicted octanol–water partition coefficient (Wildman–Crippen LogP) is -0.182. The van der Waals surface area contributed by atoms with E-state index in [0.29, 0.717) is 12.8 Å². The fourth-order valence-corrected chi connectivity index (χ4v) is 3.42. The van der Waals surface area contributed by atoms with E-state index in [1.807, 2.05) is 0 Å². The Morgan fingerprint density at radius 2 is 2.06 bits per heavy atom. The lowest BCUT2D eigenvalue weighted by molar-refractivity contribution is -0.148. The average Bonchev–Trinajstić information content (AvgIpc) is 2.27. The van der Waals surface area contributed by atoms with Gasteiger partial charge < -0.3 is 9.84 Å². The van der Waals surface area contributed by atoms with Crippen molar-refractivity contribution in [2.24, 2.45) is 0 Å². The molecule has 0 radical (unpaired) electrons. The number of aliphatic carboxylic acids is 1. The van der Waals surface area contributed by atoms with E-state index in [4.69, 9.17) is 9.84 Å². The van der Waals surface area contributed by atoms with Gasteiger partial charge in [0.1, 0.15) is 6.04 Å². The summed E-state index contributed by atoms with van der Waals surface area (Å²) >= 11 is 0. The second kappa shape index (κ2) is 6.14. The van der Waals surface area contributed by atoms with E-state index in [9.17, 15) is 18.0 Å². The molecule has 7 nitrogen and oxygen atoms in total. The quantitative estimate of drug-likeness (QED) is 0.700. The predicted molar refractivity (Wildman–Crippen MR) is 62.4 cm³/mol. The van der Waals surface area contributed by atoms with Gasteiger partial charge in [0.05, 0.1) is 6.61 Å². The van der Waals surface area contributed by atoms with Crippen molar-refractivity contribution in [1.82, 2.24) is 4.31 Å². The summed E-state index contributed by atoms with van der Waals surface area (Å²) in [6, 6.07) is -0.886. The summed E-state index contributed by atoms with van der Waals surface area (Å²) in [5, 5.41) is 8.59. The summed E-state index contributed by atoms with van der Waals surface area (Å²) in [6.45, 7) is 1.97. The second-order valence-electron chi connectivity index (χ2n) is 4.02. The number of piperidine rings is 1. The molecule has 1 unspecified atom stereocenters. The summed E-state index contributed by atoms with van der Waals surface area (Å²) in [5.74, 6) is -3.03. The Morgan fingerprint density at radius 3 is 2.61 bits per heavy atom. The van der Waals surface area contributed by atoms with Crippen LogP contribution in [0.2, 0.25) is 0 Å². The van der Waals surface area contributed by atoms with Crippen LogP contribution >= 0.6 is 0 Å². The number of hydrogen-bond acceptors (Lipinski definition) is 5. The van der Waals surface area contributed by atoms with Crippen LogP contribution in [-0.4, -0.2) is 54.7 Å². The summed E-state index contributed by atoms with van der Waals surface area (Å²) in [6.07, 6.45) is 1.72. The highest BCUT2D eigenvalue weighted by atomic mass is 32.2. The van der Waals surface area contributed by atoms with E-state index >= 15 is 0 Å². The third kappa shape index (κ3) is 3.67. The van der Waals surface area contributed by atoms with Crippen molar-refractivity contribution in [1.29, 1.82) is 0 Å². The molecule has 8 heteroatoms. The summed E-state index contributed by atoms with van der Waals surface area (Å²) < 4.78 is 29.5. The lowest BCUT2D eigenvalue weighted by Gasteiger charge is -2.32. The maximum Gasteiger partial charge on any atom is 0.324 e. The van der Waals surface area contributed by atoms with E-state index in [-0.39, 0.29) is 13.2 Å². The normalized spacial score (nSPS) is 21.5. The third-order valence-electron chi connectivity index (χ3n) is 2.68. The molecule has 1 fully saturated rings. The molecule has 1 heterocycles. The molecule has 104 valence electrons. The highest BCUT2D eigenvalue weighted by Crippen LogP contribution is 2.21. The van der Waals surface area contributed by atoms with E-state index in [1.54, 1.807) is 6.92 Å². The minimum absolute atomic E-state index is 0.166. The van der Waals surface area contributed by atoms with Gasteiger partial charge >= 0.3 is 11.9 Å². The number of sulfonamides is 1. The van der Waals surface area contributed by atoms with Crippen LogP contribution in [0.25, 0.3) is 0 Å². The van der Waals surface area contributed by atoms with Gasteiger partial charge in [0.2, 0.25) is 10.0 Å². The standard InChI is InChI=1S/C10H17NO6S/c1-2-17-10(14)8-5-3-4-6-11(8)18(15,16)7-9(12)13/h8H,2-7H2,1H3,(H,12,13). The Kier molecular flexibility index (Phi) is 5.09. The van der Waals surface area contributed by atoms with E-state index in [0.717, 1.165) is 10.7 Å². The Bertz CT molecular complexity index is 418. The maximum absolute atomic E-state index is 11.9. The van der Waals surface area contributed by atoms with Crippen LogP contribution in [0.15, 0.2) is 0 Å². The van der Waals surface area contributed by atoms with Crippen molar-refractivity contribution < 1.29 is 27.9 Å². The third-order valence-corrected chi connectivity index (χ3v) is 4.44. The van der Waals surface area contributed by atoms with Crippen LogP contribution in [0.5, 0.6) is 0 Å². The Labute approximate surface area is 106 Å². The van der Waals surface area contributed by atoms with Gasteiger partial charge in [-0.25, -0.2) is 8.42 Å². The number of carbonyl (C=O) groups excluding carboxylic acids is 1. The van der Waals surface area contributed by atoms with Crippen molar-refractivity contribution in [3.63, 3.8) is 0 Å². The molecule has 0 amide bonds. The van der Waals surface area contributed by atoms with Crippen molar-refractivity contribution in [2.75, 3.05) is 18.9 Å². The van der Waals surface area contributed by atoms with Crippen LogP contribution < -0.4 is 0 Å². The molecule has 0 spiro atoms. The zero-order valence-corrected chi connectivity index (χ0v) is 11.0. The van der Waals surface area contributed by atoms with Crippen LogP contribution in [0.3, 0.4) is 0 Å². The number of nitrogens with zero attached hydrogens (tertiary/aromatic N) is 1. The average molecular weight is 279 g/mol. The van der Waals surface area contributed by atoms with Crippen LogP contribution in [-0.2, 0) is 24.3 Å². The van der Waals surface area contributed by atoms with Crippen molar-refractivity contribution >= 4 is 22.0 Å². The molecule has 0 saturated carbocycles. The molecule has 1 saturated heterocycles. The molecule has 1 rings (SSSR count). The summed E-state index contributed by atoms with van der Waals surface area (Å²) in [4.78, 5) is 22.2. The van der Waals surface area contributed by atoms with Crippen molar-refractivity contribution in [2.45, 2.75) is 32.2 Å². The van der Waals surface area contributed by atoms with Gasteiger partial charge in [-0.05, 0) is 26.2 Å². The van der Waals surface area contributed by atoms with Crippen LogP contribution in [0, 0.1) is 0 Å². The van der Waals surface area contributed by atoms with E-state index in [1.165, 1.54) is 0 Å². The monoisotopic (exact) mass is 279 g/mol. The highest BCUT2D eigenvalue weighted by Gasteiger charge is 2.38. The first kappa shape index (κ1) is 14.9. The minimum Gasteiger partial charge on any atom is -0.480 e. The first-order chi connectivity index (χ1) is 8.38. The number of rotatable bonds is 5. The number of carbonyl (C=O) groups is 2. The molecule has 1 aliphatic rings. The molecule has 0 bridgehead atoms. The van der Waals surface area contributed by atoms with Crippen molar-refractivity contribution in [3.05, 3.63) is 0 Å². The fourth-order valence-electron chi connectivity index (χ4n) is 1.95. The van der Waals surface area contributed by atoms with Gasteiger partial charge in [-0.3, -0.25) is 9.59 Å². The van der Waals surface area contributed by atoms with Gasteiger partial charge in [-0.2, -0.15) is 4.31 Å². The Hall–Kier alpha value is -1.15. The van der Waals surface area contributed by atoms with Crippen molar-refractivity contribution in [3.8, 4) is 0 Å². The smallest absolute Gasteiger partial charge is 0.324 e. The van der Waals surface area contributed by atoms with Gasteiger partial charge in [-0.1, -0.05) is 0 Å². The topological polar surface area (TPSA) is 101 Å². The number of ether oxygens (including phenoxy) is 1. The molecule has 0 aromatic heterocycles. The van der Waals surface area contributed by atoms with Crippen LogP contribution in [0.4, 0.5) is 0 Å². The zero-order valence-electron chi connectivity index (χ0n) is 10.2. The largest absolute Gasteiger partial charge is 0.480 e. The number of carboxylic acid groups (broad SMARTS) is 1. The van der Waals surface area contributed by atoms with Gasteiger partial charge in [0, 0.05) is 6.54 Å². The summed E-state index contributed by atoms with van der Waals surface area (Å²) in [7, 11) is -3.96. The van der Waals surface area contributed by atoms with E-state index in [2.05, 4.69) is 0 Å². The fraction of sp³-hybridized carbons (Fsp3) is 0.800. The molecule has 18 heavy (non-hydrogen) atoms. The Balaban J connectivity index is 2.88. The minimum atomic E-state index is -3.96. The molecule has 0 aromatic carbocycles. The number of carboxylic acids is 1. The summed E-state index contributed by atoms with van der Waals surface area (Å²) in [5.41, 5.74) is 0. The number of hydrogen-bond donors (Lipinski definition) is 1. The molecular formula is C10H17NO6S. The molecular weight excluding hydrogens is 262 g/mol.